The van der Waals surface area contributed by atoms with E-state index in [2.05, 4.69) is 35.9 Å². The van der Waals surface area contributed by atoms with Gasteiger partial charge in [0.25, 0.3) is 0 Å². The number of rotatable bonds is 6. The van der Waals surface area contributed by atoms with Crippen LogP contribution >= 0.6 is 23.4 Å². The van der Waals surface area contributed by atoms with E-state index < -0.39 is 0 Å². The SMILES string of the molecule is CC(c1nnc(SCC(=O)N2C(C)CCCC2C)n1-c1ccc(Cl)cc1)N(C)C. The van der Waals surface area contributed by atoms with Crippen LogP contribution in [0.3, 0.4) is 0 Å². The van der Waals surface area contributed by atoms with Crippen molar-refractivity contribution in [1.29, 1.82) is 0 Å². The molecule has 0 bridgehead atoms. The predicted octanol–water partition coefficient (Wildman–Crippen LogP) is 4.42. The lowest BCUT2D eigenvalue weighted by atomic mass is 9.98. The number of likely N-dealkylation sites (tertiary alicyclic amines) is 1. The van der Waals surface area contributed by atoms with Crippen LogP contribution in [-0.4, -0.2) is 62.4 Å². The molecule has 0 radical (unpaired) electrons. The molecule has 8 heteroatoms. The van der Waals surface area contributed by atoms with Crippen LogP contribution in [0.4, 0.5) is 0 Å². The van der Waals surface area contributed by atoms with Crippen LogP contribution in [0, 0.1) is 0 Å². The minimum atomic E-state index is 0.0744. The molecule has 1 aliphatic heterocycles. The summed E-state index contributed by atoms with van der Waals surface area (Å²) in [4.78, 5) is 17.1. The van der Waals surface area contributed by atoms with Gasteiger partial charge < -0.3 is 4.90 Å². The zero-order valence-electron chi connectivity index (χ0n) is 17.8. The molecular formula is C21H30ClN5OS. The van der Waals surface area contributed by atoms with Gasteiger partial charge in [0, 0.05) is 22.8 Å². The Morgan fingerprint density at radius 2 is 1.83 bits per heavy atom. The number of thioether (sulfide) groups is 1. The third kappa shape index (κ3) is 4.95. The van der Waals surface area contributed by atoms with Crippen LogP contribution in [-0.2, 0) is 4.79 Å². The van der Waals surface area contributed by atoms with Crippen molar-refractivity contribution in [1.82, 2.24) is 24.6 Å². The van der Waals surface area contributed by atoms with E-state index in [0.717, 1.165) is 29.5 Å². The number of hydrogen-bond acceptors (Lipinski definition) is 5. The van der Waals surface area contributed by atoms with E-state index in [1.807, 2.05) is 47.8 Å². The zero-order chi connectivity index (χ0) is 21.1. The van der Waals surface area contributed by atoms with Crippen molar-refractivity contribution in [3.05, 3.63) is 35.1 Å². The number of amides is 1. The molecule has 1 amide bonds. The molecule has 3 unspecified atom stereocenters. The molecule has 2 aromatic rings. The first-order valence-electron chi connectivity index (χ1n) is 10.1. The van der Waals surface area contributed by atoms with Crippen molar-refractivity contribution >= 4 is 29.3 Å². The number of halogens is 1. The average Bonchev–Trinajstić information content (AvgIpc) is 3.10. The second-order valence-electron chi connectivity index (χ2n) is 8.01. The Hall–Kier alpha value is -1.57. The van der Waals surface area contributed by atoms with Crippen molar-refractivity contribution in [2.75, 3.05) is 19.8 Å². The first-order chi connectivity index (χ1) is 13.8. The summed E-state index contributed by atoms with van der Waals surface area (Å²) in [5.41, 5.74) is 0.942. The van der Waals surface area contributed by atoms with Gasteiger partial charge in [-0.05, 0) is 78.4 Å². The Labute approximate surface area is 182 Å². The number of benzene rings is 1. The van der Waals surface area contributed by atoms with Gasteiger partial charge in [0.15, 0.2) is 11.0 Å². The van der Waals surface area contributed by atoms with E-state index in [4.69, 9.17) is 11.6 Å². The van der Waals surface area contributed by atoms with Crippen molar-refractivity contribution in [3.8, 4) is 5.69 Å². The molecule has 3 atom stereocenters. The number of carbonyl (C=O) groups excluding carboxylic acids is 1. The fourth-order valence-corrected chi connectivity index (χ4v) is 4.78. The molecule has 1 aromatic carbocycles. The summed E-state index contributed by atoms with van der Waals surface area (Å²) in [5.74, 6) is 1.37. The molecule has 6 nitrogen and oxygen atoms in total. The molecular weight excluding hydrogens is 406 g/mol. The smallest absolute Gasteiger partial charge is 0.233 e. The van der Waals surface area contributed by atoms with Crippen LogP contribution in [0.1, 0.15) is 51.9 Å². The largest absolute Gasteiger partial charge is 0.337 e. The maximum absolute atomic E-state index is 13.0. The topological polar surface area (TPSA) is 54.3 Å². The van der Waals surface area contributed by atoms with E-state index >= 15 is 0 Å². The number of hydrogen-bond donors (Lipinski definition) is 0. The zero-order valence-corrected chi connectivity index (χ0v) is 19.4. The van der Waals surface area contributed by atoms with Crippen LogP contribution in [0.2, 0.25) is 5.02 Å². The maximum Gasteiger partial charge on any atom is 0.233 e. The fraction of sp³-hybridized carbons (Fsp3) is 0.571. The lowest BCUT2D eigenvalue weighted by molar-refractivity contribution is -0.134. The molecule has 158 valence electrons. The first-order valence-corrected chi connectivity index (χ1v) is 11.5. The monoisotopic (exact) mass is 435 g/mol. The normalized spacial score (nSPS) is 20.9. The van der Waals surface area contributed by atoms with Gasteiger partial charge in [-0.3, -0.25) is 14.3 Å². The third-order valence-electron chi connectivity index (χ3n) is 5.70. The summed E-state index contributed by atoms with van der Waals surface area (Å²) in [7, 11) is 4.03. The molecule has 1 saturated heterocycles. The van der Waals surface area contributed by atoms with Crippen molar-refractivity contribution in [2.45, 2.75) is 63.3 Å². The van der Waals surface area contributed by atoms with Gasteiger partial charge in [0.2, 0.25) is 5.91 Å². The Morgan fingerprint density at radius 3 is 2.41 bits per heavy atom. The second kappa shape index (κ2) is 9.49. The standard InChI is InChI=1S/C21H30ClN5OS/c1-14-7-6-8-15(2)26(14)19(28)13-29-21-24-23-20(16(3)25(4)5)27(21)18-11-9-17(22)10-12-18/h9-12,14-16H,6-8,13H2,1-5H3. The summed E-state index contributed by atoms with van der Waals surface area (Å²) in [5, 5.41) is 10.3. The number of piperidine rings is 1. The molecule has 29 heavy (non-hydrogen) atoms. The van der Waals surface area contributed by atoms with Gasteiger partial charge in [-0.15, -0.1) is 10.2 Å². The van der Waals surface area contributed by atoms with Gasteiger partial charge in [-0.25, -0.2) is 0 Å². The van der Waals surface area contributed by atoms with Gasteiger partial charge >= 0.3 is 0 Å². The van der Waals surface area contributed by atoms with Crippen LogP contribution in [0.15, 0.2) is 29.4 Å². The fourth-order valence-electron chi connectivity index (χ4n) is 3.82. The van der Waals surface area contributed by atoms with E-state index in [1.54, 1.807) is 0 Å². The molecule has 0 aliphatic carbocycles. The van der Waals surface area contributed by atoms with E-state index in [0.29, 0.717) is 22.9 Å². The quantitative estimate of drug-likeness (QED) is 0.628. The number of aromatic nitrogens is 3. The Morgan fingerprint density at radius 1 is 1.21 bits per heavy atom. The Bertz CT molecular complexity index is 828. The van der Waals surface area contributed by atoms with Gasteiger partial charge in [-0.2, -0.15) is 0 Å². The lowest BCUT2D eigenvalue weighted by Gasteiger charge is -2.39. The van der Waals surface area contributed by atoms with E-state index in [-0.39, 0.29) is 11.9 Å². The summed E-state index contributed by atoms with van der Waals surface area (Å²) in [6.45, 7) is 6.38. The second-order valence-corrected chi connectivity index (χ2v) is 9.39. The maximum atomic E-state index is 13.0. The molecule has 2 heterocycles. The minimum Gasteiger partial charge on any atom is -0.337 e. The highest BCUT2D eigenvalue weighted by atomic mass is 35.5. The van der Waals surface area contributed by atoms with E-state index in [9.17, 15) is 4.79 Å². The van der Waals surface area contributed by atoms with E-state index in [1.165, 1.54) is 18.2 Å². The van der Waals surface area contributed by atoms with Gasteiger partial charge in [-0.1, -0.05) is 23.4 Å². The summed E-state index contributed by atoms with van der Waals surface area (Å²) >= 11 is 7.53. The highest BCUT2D eigenvalue weighted by molar-refractivity contribution is 7.99. The van der Waals surface area contributed by atoms with Crippen molar-refractivity contribution in [2.24, 2.45) is 0 Å². The van der Waals surface area contributed by atoms with Crippen molar-refractivity contribution < 1.29 is 4.79 Å². The summed E-state index contributed by atoms with van der Waals surface area (Å²) in [6.07, 6.45) is 3.34. The number of nitrogens with zero attached hydrogens (tertiary/aromatic N) is 5. The molecule has 0 spiro atoms. The Balaban J connectivity index is 1.85. The predicted molar refractivity (Wildman–Crippen MR) is 119 cm³/mol. The highest BCUT2D eigenvalue weighted by Gasteiger charge is 2.29. The first kappa shape index (κ1) is 22.1. The molecule has 0 N–H and O–H groups in total. The molecule has 1 aliphatic rings. The number of carbonyl (C=O) groups is 1. The van der Waals surface area contributed by atoms with Crippen LogP contribution in [0.25, 0.3) is 5.69 Å². The van der Waals surface area contributed by atoms with Crippen molar-refractivity contribution in [3.63, 3.8) is 0 Å². The van der Waals surface area contributed by atoms with Crippen LogP contribution < -0.4 is 0 Å². The molecule has 3 rings (SSSR count). The molecule has 1 aromatic heterocycles. The highest BCUT2D eigenvalue weighted by Crippen LogP contribution is 2.29. The molecule has 1 fully saturated rings. The van der Waals surface area contributed by atoms with Gasteiger partial charge in [0.1, 0.15) is 0 Å². The lowest BCUT2D eigenvalue weighted by Crippen LogP contribution is -2.48. The summed E-state index contributed by atoms with van der Waals surface area (Å²) in [6, 6.07) is 8.30. The summed E-state index contributed by atoms with van der Waals surface area (Å²) < 4.78 is 2.03. The Kier molecular flexibility index (Phi) is 7.24. The average molecular weight is 436 g/mol. The third-order valence-corrected chi connectivity index (χ3v) is 6.86. The minimum absolute atomic E-state index is 0.0744. The molecule has 0 saturated carbocycles. The van der Waals surface area contributed by atoms with Crippen LogP contribution in [0.5, 0.6) is 0 Å². The van der Waals surface area contributed by atoms with Gasteiger partial charge in [0.05, 0.1) is 11.8 Å².